The molecule has 0 aliphatic carbocycles. The first-order valence-corrected chi connectivity index (χ1v) is 6.49. The molecule has 1 aromatic carbocycles. The number of carbonyl (C=O) groups is 2. The van der Waals surface area contributed by atoms with E-state index in [4.69, 9.17) is 9.84 Å². The van der Waals surface area contributed by atoms with Crippen molar-refractivity contribution in [3.8, 4) is 5.75 Å². The lowest BCUT2D eigenvalue weighted by Gasteiger charge is -2.32. The van der Waals surface area contributed by atoms with Crippen LogP contribution in [0.5, 0.6) is 5.75 Å². The highest BCUT2D eigenvalue weighted by Crippen LogP contribution is 2.27. The smallest absolute Gasteiger partial charge is 0.341 e. The lowest BCUT2D eigenvalue weighted by molar-refractivity contribution is -0.139. The molecule has 1 amide bonds. The van der Waals surface area contributed by atoms with Crippen molar-refractivity contribution in [2.24, 2.45) is 0 Å². The second-order valence-corrected chi connectivity index (χ2v) is 4.90. The number of ether oxygens (including phenoxy) is 1. The van der Waals surface area contributed by atoms with Gasteiger partial charge in [0.25, 0.3) is 11.8 Å². The molecule has 114 valence electrons. The number of hydrogen-bond acceptors (Lipinski definition) is 3. The number of nitrogens with zero attached hydrogens (tertiary/aromatic N) is 1. The fraction of sp³-hybridized carbons (Fsp3) is 0.429. The van der Waals surface area contributed by atoms with Gasteiger partial charge in [-0.15, -0.1) is 0 Å². The van der Waals surface area contributed by atoms with Gasteiger partial charge in [-0.05, 0) is 24.6 Å². The van der Waals surface area contributed by atoms with Gasteiger partial charge in [0, 0.05) is 18.5 Å². The van der Waals surface area contributed by atoms with Gasteiger partial charge in [-0.2, -0.15) is 0 Å². The summed E-state index contributed by atoms with van der Waals surface area (Å²) >= 11 is 0. The third kappa shape index (κ3) is 4.14. The van der Waals surface area contributed by atoms with Crippen molar-refractivity contribution >= 4 is 11.9 Å². The van der Waals surface area contributed by atoms with Crippen LogP contribution in [0.2, 0.25) is 0 Å². The Morgan fingerprint density at radius 3 is 2.81 bits per heavy atom. The molecule has 1 N–H and O–H groups in total. The van der Waals surface area contributed by atoms with E-state index >= 15 is 0 Å². The zero-order valence-corrected chi connectivity index (χ0v) is 11.2. The number of halogens is 2. The van der Waals surface area contributed by atoms with E-state index in [1.54, 1.807) is 0 Å². The Morgan fingerprint density at radius 1 is 1.38 bits per heavy atom. The number of hydrogen-bond donors (Lipinski definition) is 1. The second-order valence-electron chi connectivity index (χ2n) is 4.90. The van der Waals surface area contributed by atoms with Gasteiger partial charge in [0.1, 0.15) is 5.75 Å². The molecule has 0 aromatic heterocycles. The quantitative estimate of drug-likeness (QED) is 0.923. The molecule has 5 nitrogen and oxygen atoms in total. The Hall–Kier alpha value is -2.18. The molecule has 1 fully saturated rings. The molecule has 1 aliphatic rings. The maximum Gasteiger partial charge on any atom is 0.341 e. The van der Waals surface area contributed by atoms with Crippen LogP contribution in [-0.2, 0) is 4.79 Å². The predicted molar refractivity (Wildman–Crippen MR) is 69.7 cm³/mol. The maximum atomic E-state index is 13.3. The van der Waals surface area contributed by atoms with Gasteiger partial charge < -0.3 is 14.7 Å². The van der Waals surface area contributed by atoms with Crippen LogP contribution in [0, 0.1) is 0 Å². The zero-order chi connectivity index (χ0) is 15.5. The molecule has 0 radical (unpaired) electrons. The minimum Gasteiger partial charge on any atom is -0.482 e. The molecule has 7 heteroatoms. The van der Waals surface area contributed by atoms with Crippen molar-refractivity contribution in [1.29, 1.82) is 0 Å². The fourth-order valence-corrected chi connectivity index (χ4v) is 2.19. The predicted octanol–water partition coefficient (Wildman–Crippen LogP) is 2.02. The minimum atomic E-state index is -2.86. The summed E-state index contributed by atoms with van der Waals surface area (Å²) in [4.78, 5) is 23.7. The normalized spacial score (nSPS) is 17.3. The van der Waals surface area contributed by atoms with Crippen LogP contribution in [0.25, 0.3) is 0 Å². The number of aliphatic carboxylic acids is 1. The summed E-state index contributed by atoms with van der Waals surface area (Å²) < 4.78 is 31.6. The second kappa shape index (κ2) is 6.07. The van der Waals surface area contributed by atoms with E-state index in [-0.39, 0.29) is 30.7 Å². The van der Waals surface area contributed by atoms with Crippen LogP contribution in [0.4, 0.5) is 8.78 Å². The van der Waals surface area contributed by atoms with Crippen molar-refractivity contribution in [2.45, 2.75) is 18.8 Å². The van der Waals surface area contributed by atoms with Crippen LogP contribution < -0.4 is 4.74 Å². The first-order valence-electron chi connectivity index (χ1n) is 6.49. The third-order valence-electron chi connectivity index (χ3n) is 3.12. The van der Waals surface area contributed by atoms with Crippen molar-refractivity contribution in [2.75, 3.05) is 19.7 Å². The fourth-order valence-electron chi connectivity index (χ4n) is 2.19. The van der Waals surface area contributed by atoms with Crippen LogP contribution in [0.15, 0.2) is 24.3 Å². The zero-order valence-electron chi connectivity index (χ0n) is 11.2. The maximum absolute atomic E-state index is 13.3. The average molecular weight is 299 g/mol. The number of rotatable bonds is 4. The molecule has 1 aromatic rings. The van der Waals surface area contributed by atoms with Gasteiger partial charge in [0.15, 0.2) is 6.61 Å². The van der Waals surface area contributed by atoms with E-state index in [0.29, 0.717) is 0 Å². The Balaban J connectivity index is 2.08. The Morgan fingerprint density at radius 2 is 2.14 bits per heavy atom. The van der Waals surface area contributed by atoms with Gasteiger partial charge in [-0.1, -0.05) is 6.07 Å². The molecule has 1 heterocycles. The summed E-state index contributed by atoms with van der Waals surface area (Å²) in [6.45, 7) is -0.833. The largest absolute Gasteiger partial charge is 0.482 e. The number of carboxylic acids is 1. The van der Waals surface area contributed by atoms with E-state index in [0.717, 1.165) is 4.90 Å². The number of piperidine rings is 1. The Kier molecular flexibility index (Phi) is 4.40. The van der Waals surface area contributed by atoms with Crippen molar-refractivity contribution < 1.29 is 28.2 Å². The lowest BCUT2D eigenvalue weighted by Crippen LogP contribution is -2.45. The van der Waals surface area contributed by atoms with Crippen molar-refractivity contribution in [1.82, 2.24) is 4.90 Å². The summed E-state index contributed by atoms with van der Waals surface area (Å²) in [6.07, 6.45) is 0.0481. The molecule has 0 saturated carbocycles. The molecule has 1 saturated heterocycles. The van der Waals surface area contributed by atoms with Crippen LogP contribution >= 0.6 is 0 Å². The molecular weight excluding hydrogens is 284 g/mol. The standard InChI is InChI=1S/C14H15F2NO4/c15-14(16)5-2-6-17(9-14)13(20)10-3-1-4-11(7-10)21-8-12(18)19/h1,3-4,7H,2,5-6,8-9H2,(H,18,19). The molecule has 1 aliphatic heterocycles. The lowest BCUT2D eigenvalue weighted by atomic mass is 10.1. The number of carbonyl (C=O) groups excluding carboxylic acids is 1. The van der Waals surface area contributed by atoms with Gasteiger partial charge in [0.2, 0.25) is 0 Å². The van der Waals surface area contributed by atoms with E-state index < -0.39 is 31.0 Å². The molecular formula is C14H15F2NO4. The minimum absolute atomic E-state index is 0.204. The average Bonchev–Trinajstić information content (AvgIpc) is 2.43. The number of likely N-dealkylation sites (tertiary alicyclic amines) is 1. The highest BCUT2D eigenvalue weighted by molar-refractivity contribution is 5.94. The number of amides is 1. The van der Waals surface area contributed by atoms with Crippen molar-refractivity contribution in [3.63, 3.8) is 0 Å². The summed E-state index contributed by atoms with van der Waals surface area (Å²) in [6, 6.07) is 5.87. The first kappa shape index (κ1) is 15.2. The molecule has 2 rings (SSSR count). The Labute approximate surface area is 120 Å². The highest BCUT2D eigenvalue weighted by Gasteiger charge is 2.37. The molecule has 21 heavy (non-hydrogen) atoms. The summed E-state index contributed by atoms with van der Waals surface area (Å²) in [5, 5.41) is 8.53. The summed E-state index contributed by atoms with van der Waals surface area (Å²) in [5.41, 5.74) is 0.204. The first-order chi connectivity index (χ1) is 9.87. The van der Waals surface area contributed by atoms with E-state index in [2.05, 4.69) is 0 Å². The van der Waals surface area contributed by atoms with E-state index in [1.165, 1.54) is 24.3 Å². The monoisotopic (exact) mass is 299 g/mol. The molecule has 0 atom stereocenters. The Bertz CT molecular complexity index is 548. The van der Waals surface area contributed by atoms with Gasteiger partial charge in [-0.25, -0.2) is 13.6 Å². The van der Waals surface area contributed by atoms with E-state index in [9.17, 15) is 18.4 Å². The third-order valence-corrected chi connectivity index (χ3v) is 3.12. The summed E-state index contributed by atoms with van der Waals surface area (Å²) in [5.74, 6) is -4.28. The summed E-state index contributed by atoms with van der Waals surface area (Å²) in [7, 11) is 0. The van der Waals surface area contributed by atoms with E-state index in [1.807, 2.05) is 0 Å². The molecule has 0 unspecified atom stereocenters. The van der Waals surface area contributed by atoms with Crippen molar-refractivity contribution in [3.05, 3.63) is 29.8 Å². The van der Waals surface area contributed by atoms with Gasteiger partial charge in [0.05, 0.1) is 6.54 Å². The number of carboxylic acid groups (broad SMARTS) is 1. The number of alkyl halides is 2. The van der Waals surface area contributed by atoms with Crippen LogP contribution in [0.3, 0.4) is 0 Å². The molecule has 0 bridgehead atoms. The highest BCUT2D eigenvalue weighted by atomic mass is 19.3. The van der Waals surface area contributed by atoms with Gasteiger partial charge in [-0.3, -0.25) is 4.79 Å². The number of benzene rings is 1. The topological polar surface area (TPSA) is 66.8 Å². The van der Waals surface area contributed by atoms with Crippen LogP contribution in [-0.4, -0.2) is 47.5 Å². The molecule has 0 spiro atoms. The van der Waals surface area contributed by atoms with Crippen LogP contribution in [0.1, 0.15) is 23.2 Å². The SMILES string of the molecule is O=C(O)COc1cccc(C(=O)N2CCCC(F)(F)C2)c1. The van der Waals surface area contributed by atoms with Gasteiger partial charge >= 0.3 is 5.97 Å².